The van der Waals surface area contributed by atoms with Crippen LogP contribution in [0.2, 0.25) is 25.7 Å². The fraction of sp³-hybridized carbons (Fsp3) is 0.923. The molecule has 0 N–H and O–H groups in total. The van der Waals surface area contributed by atoms with Gasteiger partial charge in [-0.15, -0.1) is 0 Å². The highest BCUT2D eigenvalue weighted by atomic mass is 32.2. The number of carbonyl (C=O) groups excluding carboxylic acids is 2. The molecule has 5 fully saturated rings. The van der Waals surface area contributed by atoms with Gasteiger partial charge in [0.25, 0.3) is 0 Å². The van der Waals surface area contributed by atoms with Crippen molar-refractivity contribution in [3.8, 4) is 0 Å². The van der Waals surface area contributed by atoms with Gasteiger partial charge in [-0.1, -0.05) is 33.5 Å². The molecule has 1 aliphatic heterocycles. The summed E-state index contributed by atoms with van der Waals surface area (Å²) in [6.45, 7) is 13.1. The second-order valence-corrected chi connectivity index (χ2v) is 21.4. The first-order valence-corrected chi connectivity index (χ1v) is 18.6. The molecule has 7 heteroatoms. The topological polar surface area (TPSA) is 71.3 Å². The minimum atomic E-state index is -3.36. The first-order chi connectivity index (χ1) is 15.2. The summed E-state index contributed by atoms with van der Waals surface area (Å²) < 4.78 is 29.5. The van der Waals surface area contributed by atoms with Crippen LogP contribution >= 0.6 is 0 Å². The van der Waals surface area contributed by atoms with E-state index in [0.717, 1.165) is 38.1 Å². The molecular formula is C26H43NO4SSi. The van der Waals surface area contributed by atoms with E-state index in [1.54, 1.807) is 6.92 Å². The number of rotatable bonds is 5. The van der Waals surface area contributed by atoms with Gasteiger partial charge in [0.2, 0.25) is 10.0 Å². The molecule has 1 saturated heterocycles. The van der Waals surface area contributed by atoms with Gasteiger partial charge in [-0.2, -0.15) is 4.31 Å². The Bertz CT molecular complexity index is 973. The molecule has 1 unspecified atom stereocenters. The molecule has 0 radical (unpaired) electrons. The molecule has 1 heterocycles. The SMILES string of the molecule is CC(=O)[C@H]1CC[C@H]2[C@@H]3CC[C@@H]4CC(=O)CC[C@]4(C)[C@H]3[C@H]3[C@H](N3S(=O)(=O)CC[Si](C)(C)C)[C@]12C. The quantitative estimate of drug-likeness (QED) is 0.409. The smallest absolute Gasteiger partial charge is 0.214 e. The largest absolute Gasteiger partial charge is 0.300 e. The normalized spacial score (nSPS) is 49.0. The molecule has 10 atom stereocenters. The van der Waals surface area contributed by atoms with Crippen molar-refractivity contribution in [3.05, 3.63) is 0 Å². The molecule has 4 aliphatic carbocycles. The summed E-state index contributed by atoms with van der Waals surface area (Å²) in [5.41, 5.74) is -0.198. The Hall–Kier alpha value is -0.533. The Kier molecular flexibility index (Phi) is 5.48. The molecule has 0 aromatic heterocycles. The molecule has 33 heavy (non-hydrogen) atoms. The highest BCUT2D eigenvalue weighted by Gasteiger charge is 2.78. The lowest BCUT2D eigenvalue weighted by Gasteiger charge is -2.59. The van der Waals surface area contributed by atoms with Gasteiger partial charge in [-0.25, -0.2) is 8.42 Å². The van der Waals surface area contributed by atoms with Gasteiger partial charge >= 0.3 is 0 Å². The Morgan fingerprint density at radius 2 is 1.82 bits per heavy atom. The summed E-state index contributed by atoms with van der Waals surface area (Å²) in [6.07, 6.45) is 6.36. The zero-order valence-corrected chi connectivity index (χ0v) is 23.2. The van der Waals surface area contributed by atoms with Crippen LogP contribution in [0.3, 0.4) is 0 Å². The van der Waals surface area contributed by atoms with E-state index in [9.17, 15) is 18.0 Å². The lowest BCUT2D eigenvalue weighted by Crippen LogP contribution is -2.57. The van der Waals surface area contributed by atoms with E-state index < -0.39 is 18.1 Å². The number of sulfonamides is 1. The maximum Gasteiger partial charge on any atom is 0.214 e. The summed E-state index contributed by atoms with van der Waals surface area (Å²) in [4.78, 5) is 25.1. The van der Waals surface area contributed by atoms with Crippen LogP contribution in [0.4, 0.5) is 0 Å². The van der Waals surface area contributed by atoms with E-state index in [1.165, 1.54) is 0 Å². The average molecular weight is 494 g/mol. The fourth-order valence-corrected chi connectivity index (χ4v) is 14.3. The summed E-state index contributed by atoms with van der Waals surface area (Å²) in [5, 5.41) is 0. The molecule has 4 saturated carbocycles. The maximum absolute atomic E-state index is 13.8. The van der Waals surface area contributed by atoms with Gasteiger partial charge in [0.05, 0.1) is 5.75 Å². The molecule has 186 valence electrons. The van der Waals surface area contributed by atoms with Crippen LogP contribution in [-0.2, 0) is 19.6 Å². The van der Waals surface area contributed by atoms with Gasteiger partial charge in [-0.3, -0.25) is 9.59 Å². The van der Waals surface area contributed by atoms with Crippen molar-refractivity contribution in [2.75, 3.05) is 5.75 Å². The van der Waals surface area contributed by atoms with E-state index in [0.29, 0.717) is 42.3 Å². The molecule has 5 aliphatic rings. The molecule has 0 bridgehead atoms. The van der Waals surface area contributed by atoms with Crippen molar-refractivity contribution in [1.82, 2.24) is 4.31 Å². The third kappa shape index (κ3) is 3.49. The molecule has 0 aromatic carbocycles. The van der Waals surface area contributed by atoms with Gasteiger partial charge in [0.15, 0.2) is 0 Å². The van der Waals surface area contributed by atoms with Gasteiger partial charge in [0, 0.05) is 38.9 Å². The van der Waals surface area contributed by atoms with Crippen LogP contribution in [0.15, 0.2) is 0 Å². The van der Waals surface area contributed by atoms with Crippen molar-refractivity contribution in [2.24, 2.45) is 40.4 Å². The van der Waals surface area contributed by atoms with Crippen LogP contribution in [0.5, 0.6) is 0 Å². The van der Waals surface area contributed by atoms with Crippen molar-refractivity contribution in [3.63, 3.8) is 0 Å². The zero-order chi connectivity index (χ0) is 24.1. The van der Waals surface area contributed by atoms with E-state index in [2.05, 4.69) is 33.5 Å². The highest BCUT2D eigenvalue weighted by Crippen LogP contribution is 2.73. The summed E-state index contributed by atoms with van der Waals surface area (Å²) in [6, 6.07) is 0.785. The van der Waals surface area contributed by atoms with Crippen LogP contribution in [-0.4, -0.2) is 50.2 Å². The maximum atomic E-state index is 13.8. The first-order valence-electron chi connectivity index (χ1n) is 13.3. The molecule has 0 spiro atoms. The zero-order valence-electron chi connectivity index (χ0n) is 21.4. The first kappa shape index (κ1) is 24.2. The second-order valence-electron chi connectivity index (χ2n) is 13.8. The Morgan fingerprint density at radius 1 is 1.12 bits per heavy atom. The molecular weight excluding hydrogens is 450 g/mol. The average Bonchev–Trinajstić information content (AvgIpc) is 3.36. The number of fused-ring (bicyclic) bond motifs is 8. The van der Waals surface area contributed by atoms with Gasteiger partial charge < -0.3 is 0 Å². The fourth-order valence-electron chi connectivity index (χ4n) is 9.34. The van der Waals surface area contributed by atoms with E-state index in [4.69, 9.17) is 0 Å². The Balaban J connectivity index is 1.56. The number of ketones is 2. The predicted octanol–water partition coefficient (Wildman–Crippen LogP) is 4.74. The van der Waals surface area contributed by atoms with Crippen LogP contribution in [0.1, 0.15) is 65.7 Å². The number of hydrogen-bond acceptors (Lipinski definition) is 4. The van der Waals surface area contributed by atoms with E-state index in [-0.39, 0.29) is 40.4 Å². The number of nitrogens with zero attached hydrogens (tertiary/aromatic N) is 1. The Labute approximate surface area is 201 Å². The highest BCUT2D eigenvalue weighted by molar-refractivity contribution is 7.89. The second kappa shape index (κ2) is 7.49. The number of Topliss-reactive ketones (excluding diaryl/α,β-unsaturated/α-hetero) is 2. The standard InChI is InChI=1S/C26H43NO4SSi/c1-16(28)20-9-10-21-19-8-7-17-15-18(29)11-12-25(17,2)22(19)23-24(26(20,21)3)27(23)32(30,31)13-14-33(4,5)6/h17,19-24H,7-15H2,1-6H3/t17-,19+,20-,21+,22-,23+,24+,25+,26-,27?/m1/s1. The lowest BCUT2D eigenvalue weighted by molar-refractivity contribution is -0.138. The van der Waals surface area contributed by atoms with Crippen molar-refractivity contribution in [1.29, 1.82) is 0 Å². The van der Waals surface area contributed by atoms with Gasteiger partial charge in [0.1, 0.15) is 11.6 Å². The number of carbonyl (C=O) groups is 2. The van der Waals surface area contributed by atoms with Crippen LogP contribution in [0, 0.1) is 40.4 Å². The monoisotopic (exact) mass is 493 g/mol. The summed E-state index contributed by atoms with van der Waals surface area (Å²) in [7, 11) is -4.86. The lowest BCUT2D eigenvalue weighted by atomic mass is 9.44. The Morgan fingerprint density at radius 3 is 2.45 bits per heavy atom. The molecule has 0 aromatic rings. The molecule has 5 rings (SSSR count). The molecule has 0 amide bonds. The summed E-state index contributed by atoms with van der Waals surface area (Å²) >= 11 is 0. The summed E-state index contributed by atoms with van der Waals surface area (Å²) in [5.74, 6) is 2.48. The van der Waals surface area contributed by atoms with Crippen molar-refractivity contribution in [2.45, 2.75) is 103 Å². The number of hydrogen-bond donors (Lipinski definition) is 0. The van der Waals surface area contributed by atoms with Crippen molar-refractivity contribution < 1.29 is 18.0 Å². The van der Waals surface area contributed by atoms with Crippen molar-refractivity contribution >= 4 is 29.7 Å². The minimum Gasteiger partial charge on any atom is -0.300 e. The van der Waals surface area contributed by atoms with E-state index in [1.807, 2.05) is 4.31 Å². The minimum absolute atomic E-state index is 0.0217. The van der Waals surface area contributed by atoms with Crippen LogP contribution < -0.4 is 0 Å². The molecule has 5 nitrogen and oxygen atoms in total. The third-order valence-electron chi connectivity index (χ3n) is 11.0. The predicted molar refractivity (Wildman–Crippen MR) is 133 cm³/mol. The van der Waals surface area contributed by atoms with Crippen LogP contribution in [0.25, 0.3) is 0 Å². The van der Waals surface area contributed by atoms with Gasteiger partial charge in [-0.05, 0) is 79.6 Å². The van der Waals surface area contributed by atoms with E-state index >= 15 is 0 Å². The third-order valence-corrected chi connectivity index (χ3v) is 14.9.